The Balaban J connectivity index is 0.000000502. The van der Waals surface area contributed by atoms with Gasteiger partial charge in [0.2, 0.25) is 11.9 Å². The summed E-state index contributed by atoms with van der Waals surface area (Å²) in [5.41, 5.74) is 0.898. The minimum atomic E-state index is -1.37. The number of nitrogens with one attached hydrogen (secondary N) is 1. The van der Waals surface area contributed by atoms with Crippen molar-refractivity contribution in [2.75, 3.05) is 13.2 Å². The maximum absolute atomic E-state index is 11.3. The van der Waals surface area contributed by atoms with Gasteiger partial charge in [0.05, 0.1) is 13.2 Å². The Labute approximate surface area is 151 Å². The van der Waals surface area contributed by atoms with E-state index in [-0.39, 0.29) is 13.2 Å². The normalized spacial score (nSPS) is 9.85. The van der Waals surface area contributed by atoms with Crippen molar-refractivity contribution in [1.82, 2.24) is 5.32 Å². The topological polar surface area (TPSA) is 119 Å². The highest BCUT2D eigenvalue weighted by Gasteiger charge is 2.30. The van der Waals surface area contributed by atoms with Gasteiger partial charge >= 0.3 is 17.9 Å². The number of benzene rings is 1. The van der Waals surface area contributed by atoms with Gasteiger partial charge in [-0.05, 0) is 25.5 Å². The van der Waals surface area contributed by atoms with E-state index in [1.54, 1.807) is 19.9 Å². The van der Waals surface area contributed by atoms with E-state index in [1.807, 2.05) is 30.3 Å². The molecule has 142 valence electrons. The van der Waals surface area contributed by atoms with Crippen molar-refractivity contribution in [1.29, 1.82) is 0 Å². The Kier molecular flexibility index (Phi) is 11.6. The van der Waals surface area contributed by atoms with Gasteiger partial charge in [0, 0.05) is 13.0 Å². The van der Waals surface area contributed by atoms with Gasteiger partial charge in [-0.3, -0.25) is 4.79 Å². The van der Waals surface area contributed by atoms with E-state index in [4.69, 9.17) is 5.11 Å². The highest BCUT2D eigenvalue weighted by Crippen LogP contribution is 2.00. The zero-order valence-electron chi connectivity index (χ0n) is 14.9. The van der Waals surface area contributed by atoms with Crippen LogP contribution in [0.5, 0.6) is 0 Å². The number of esters is 2. The molecule has 0 radical (unpaired) electrons. The molecule has 1 rings (SSSR count). The number of rotatable bonds is 7. The Morgan fingerprint density at radius 1 is 1.04 bits per heavy atom. The molecule has 0 fully saturated rings. The first-order valence-electron chi connectivity index (χ1n) is 7.88. The first-order chi connectivity index (χ1) is 12.3. The van der Waals surface area contributed by atoms with E-state index in [2.05, 4.69) is 14.8 Å². The number of ether oxygens (including phenoxy) is 2. The highest BCUT2D eigenvalue weighted by atomic mass is 16.6. The molecule has 0 aliphatic carbocycles. The van der Waals surface area contributed by atoms with Crippen LogP contribution < -0.4 is 5.32 Å². The molecule has 0 saturated heterocycles. The van der Waals surface area contributed by atoms with Crippen LogP contribution in [-0.4, -0.2) is 48.2 Å². The van der Waals surface area contributed by atoms with Crippen LogP contribution in [-0.2, 0) is 28.7 Å². The van der Waals surface area contributed by atoms with Crippen LogP contribution >= 0.6 is 0 Å². The van der Waals surface area contributed by atoms with Crippen molar-refractivity contribution in [2.45, 2.75) is 26.8 Å². The largest absolute Gasteiger partial charge is 0.478 e. The predicted molar refractivity (Wildman–Crippen MR) is 94.0 cm³/mol. The Hall–Kier alpha value is -3.16. The molecule has 0 unspecified atom stereocenters. The smallest absolute Gasteiger partial charge is 0.340 e. The summed E-state index contributed by atoms with van der Waals surface area (Å²) in [4.78, 5) is 43.3. The van der Waals surface area contributed by atoms with Crippen molar-refractivity contribution in [3.05, 3.63) is 42.0 Å². The summed E-state index contributed by atoms with van der Waals surface area (Å²) in [5, 5.41) is 10.4. The maximum atomic E-state index is 11.3. The van der Waals surface area contributed by atoms with Crippen molar-refractivity contribution in [3.63, 3.8) is 0 Å². The molecule has 0 atom stereocenters. The predicted octanol–water partition coefficient (Wildman–Crippen LogP) is 1.40. The van der Waals surface area contributed by atoms with Crippen molar-refractivity contribution < 1.29 is 33.8 Å². The molecular weight excluding hydrogens is 342 g/mol. The van der Waals surface area contributed by atoms with Crippen molar-refractivity contribution in [2.24, 2.45) is 0 Å². The van der Waals surface area contributed by atoms with Crippen LogP contribution in [0.15, 0.2) is 36.4 Å². The Bertz CT molecular complexity index is 608. The van der Waals surface area contributed by atoms with Gasteiger partial charge in [-0.1, -0.05) is 30.3 Å². The fourth-order valence-corrected chi connectivity index (χ4v) is 1.60. The maximum Gasteiger partial charge on any atom is 0.340 e. The molecule has 0 bridgehead atoms. The molecule has 0 aliphatic rings. The molecular formula is C18H23NO7. The van der Waals surface area contributed by atoms with Gasteiger partial charge in [-0.15, -0.1) is 0 Å². The molecule has 0 aromatic heterocycles. The van der Waals surface area contributed by atoms with Gasteiger partial charge < -0.3 is 19.9 Å². The fourth-order valence-electron chi connectivity index (χ4n) is 1.60. The van der Waals surface area contributed by atoms with E-state index < -0.39 is 29.9 Å². The molecule has 8 nitrogen and oxygen atoms in total. The van der Waals surface area contributed by atoms with Crippen LogP contribution in [0.3, 0.4) is 0 Å². The summed E-state index contributed by atoms with van der Waals surface area (Å²) >= 11 is 0. The number of carboxylic acids is 1. The van der Waals surface area contributed by atoms with E-state index in [1.165, 1.54) is 6.92 Å². The zero-order valence-corrected chi connectivity index (χ0v) is 14.9. The molecule has 1 amide bonds. The lowest BCUT2D eigenvalue weighted by Crippen LogP contribution is -2.47. The number of aliphatic carboxylic acids is 1. The van der Waals surface area contributed by atoms with Gasteiger partial charge in [-0.25, -0.2) is 14.4 Å². The number of carboxylic acid groups (broad SMARTS) is 1. The second-order valence-corrected chi connectivity index (χ2v) is 4.72. The second-order valence-electron chi connectivity index (χ2n) is 4.72. The number of amides is 1. The average Bonchev–Trinajstić information content (AvgIpc) is 2.59. The Morgan fingerprint density at radius 3 is 1.92 bits per heavy atom. The Morgan fingerprint density at radius 2 is 1.54 bits per heavy atom. The van der Waals surface area contributed by atoms with Crippen molar-refractivity contribution in [3.8, 4) is 0 Å². The molecule has 0 spiro atoms. The van der Waals surface area contributed by atoms with Crippen LogP contribution in [0.1, 0.15) is 26.3 Å². The first-order valence-corrected chi connectivity index (χ1v) is 7.88. The van der Waals surface area contributed by atoms with Crippen molar-refractivity contribution >= 4 is 29.9 Å². The molecule has 8 heteroatoms. The SMILES string of the molecule is CCOC(=O)C(NC(C)=O)C(=O)OCC.O=C(O)C=Cc1ccccc1. The lowest BCUT2D eigenvalue weighted by Gasteiger charge is -2.14. The third-order valence-corrected chi connectivity index (χ3v) is 2.61. The van der Waals surface area contributed by atoms with Crippen LogP contribution in [0.4, 0.5) is 0 Å². The fraction of sp³-hybridized carbons (Fsp3) is 0.333. The third-order valence-electron chi connectivity index (χ3n) is 2.61. The van der Waals surface area contributed by atoms with Gasteiger partial charge in [0.1, 0.15) is 0 Å². The average molecular weight is 365 g/mol. The number of hydrogen-bond donors (Lipinski definition) is 2. The third kappa shape index (κ3) is 10.6. The van der Waals surface area contributed by atoms with E-state index >= 15 is 0 Å². The zero-order chi connectivity index (χ0) is 19.9. The molecule has 2 N–H and O–H groups in total. The quantitative estimate of drug-likeness (QED) is 0.426. The van der Waals surface area contributed by atoms with E-state index in [0.717, 1.165) is 11.6 Å². The lowest BCUT2D eigenvalue weighted by atomic mass is 10.2. The van der Waals surface area contributed by atoms with Gasteiger partial charge in [0.15, 0.2) is 0 Å². The molecule has 1 aromatic rings. The van der Waals surface area contributed by atoms with Gasteiger partial charge in [0.25, 0.3) is 0 Å². The monoisotopic (exact) mass is 365 g/mol. The first kappa shape index (κ1) is 22.8. The van der Waals surface area contributed by atoms with E-state index in [0.29, 0.717) is 0 Å². The minimum absolute atomic E-state index is 0.133. The molecule has 26 heavy (non-hydrogen) atoms. The molecule has 1 aromatic carbocycles. The number of carbonyl (C=O) groups excluding carboxylic acids is 3. The summed E-state index contributed by atoms with van der Waals surface area (Å²) in [6.45, 7) is 4.68. The summed E-state index contributed by atoms with van der Waals surface area (Å²) in [6, 6.07) is 7.93. The van der Waals surface area contributed by atoms with Crippen LogP contribution in [0.2, 0.25) is 0 Å². The second kappa shape index (κ2) is 13.2. The van der Waals surface area contributed by atoms with E-state index in [9.17, 15) is 19.2 Å². The standard InChI is InChI=1S/C9H15NO5.C9H8O2/c1-4-14-8(12)7(10-6(3)11)9(13)15-5-2;10-9(11)7-6-8-4-2-1-3-5-8/h7H,4-5H2,1-3H3,(H,10,11);1-7H,(H,10,11). The summed E-state index contributed by atoms with van der Waals surface area (Å²) in [5.74, 6) is -3.05. The summed E-state index contributed by atoms with van der Waals surface area (Å²) in [6.07, 6.45) is 2.68. The molecule has 0 aliphatic heterocycles. The number of hydrogen-bond acceptors (Lipinski definition) is 6. The van der Waals surface area contributed by atoms with Crippen LogP contribution in [0.25, 0.3) is 6.08 Å². The summed E-state index contributed by atoms with van der Waals surface area (Å²) < 4.78 is 9.24. The highest BCUT2D eigenvalue weighted by molar-refractivity contribution is 6.02. The van der Waals surface area contributed by atoms with Gasteiger partial charge in [-0.2, -0.15) is 0 Å². The summed E-state index contributed by atoms with van der Waals surface area (Å²) in [7, 11) is 0. The minimum Gasteiger partial charge on any atom is -0.478 e. The molecule has 0 heterocycles. The van der Waals surface area contributed by atoms with Crippen LogP contribution in [0, 0.1) is 0 Å². The number of carbonyl (C=O) groups is 4. The molecule has 0 saturated carbocycles. The lowest BCUT2D eigenvalue weighted by molar-refractivity contribution is -0.159.